The number of carbonyl (C=O) groups excluding carboxylic acids is 3. The number of hydrogen-bond acceptors (Lipinski definition) is 5. The molecule has 1 heterocycles. The van der Waals surface area contributed by atoms with Crippen molar-refractivity contribution in [3.05, 3.63) is 0 Å². The van der Waals surface area contributed by atoms with Gasteiger partial charge in [-0.15, -0.1) is 0 Å². The van der Waals surface area contributed by atoms with Crippen LogP contribution in [0, 0.1) is 0 Å². The molecule has 2 atom stereocenters. The van der Waals surface area contributed by atoms with Gasteiger partial charge in [-0.25, -0.2) is 9.59 Å². The Morgan fingerprint density at radius 2 is 2.18 bits per heavy atom. The number of ether oxygens (including phenoxy) is 2. The van der Waals surface area contributed by atoms with Crippen LogP contribution in [0.1, 0.15) is 33.1 Å². The van der Waals surface area contributed by atoms with Crippen molar-refractivity contribution in [3.63, 3.8) is 0 Å². The van der Waals surface area contributed by atoms with Gasteiger partial charge in [0.1, 0.15) is 6.04 Å². The summed E-state index contributed by atoms with van der Waals surface area (Å²) in [7, 11) is 0. The molecule has 0 bridgehead atoms. The third kappa shape index (κ3) is 3.72. The van der Waals surface area contributed by atoms with E-state index in [1.54, 1.807) is 13.8 Å². The second-order valence-electron chi connectivity index (χ2n) is 3.74. The highest BCUT2D eigenvalue weighted by molar-refractivity contribution is 5.89. The fraction of sp³-hybridized carbons (Fsp3) is 0.727. The molecule has 1 aliphatic heterocycles. The third-order valence-electron chi connectivity index (χ3n) is 2.46. The average molecular weight is 243 g/mol. The van der Waals surface area contributed by atoms with Crippen molar-refractivity contribution in [2.24, 2.45) is 0 Å². The molecule has 1 amide bonds. The molecule has 96 valence electrons. The summed E-state index contributed by atoms with van der Waals surface area (Å²) in [6.45, 7) is 3.65. The Hall–Kier alpha value is -1.59. The zero-order valence-electron chi connectivity index (χ0n) is 10.0. The first-order chi connectivity index (χ1) is 8.08. The summed E-state index contributed by atoms with van der Waals surface area (Å²) in [6, 6.07) is -0.633. The van der Waals surface area contributed by atoms with Crippen LogP contribution in [-0.4, -0.2) is 36.6 Å². The molecule has 0 aromatic carbocycles. The van der Waals surface area contributed by atoms with Crippen molar-refractivity contribution in [3.8, 4) is 0 Å². The maximum absolute atomic E-state index is 11.6. The first kappa shape index (κ1) is 13.5. The standard InChI is InChI=1S/C11H17NO5/c1-3-8(11(15)16-4-2)17-10(14)7-5-6-9(13)12-7/h7-8H,3-6H2,1-2H3,(H,12,13)/t7-,8?/m0/s1. The van der Waals surface area contributed by atoms with Gasteiger partial charge in [0.2, 0.25) is 5.91 Å². The minimum Gasteiger partial charge on any atom is -0.463 e. The van der Waals surface area contributed by atoms with E-state index in [2.05, 4.69) is 5.32 Å². The second-order valence-corrected chi connectivity index (χ2v) is 3.74. The predicted molar refractivity (Wildman–Crippen MR) is 58.0 cm³/mol. The second kappa shape index (κ2) is 6.22. The Kier molecular flexibility index (Phi) is 4.93. The smallest absolute Gasteiger partial charge is 0.347 e. The lowest BCUT2D eigenvalue weighted by atomic mass is 10.2. The van der Waals surface area contributed by atoms with Crippen LogP contribution < -0.4 is 5.32 Å². The van der Waals surface area contributed by atoms with E-state index in [4.69, 9.17) is 9.47 Å². The van der Waals surface area contributed by atoms with E-state index in [9.17, 15) is 14.4 Å². The number of carbonyl (C=O) groups is 3. The Labute approximate surface area is 99.6 Å². The molecule has 0 radical (unpaired) electrons. The minimum absolute atomic E-state index is 0.170. The summed E-state index contributed by atoms with van der Waals surface area (Å²) in [5.41, 5.74) is 0. The fourth-order valence-corrected chi connectivity index (χ4v) is 1.55. The Morgan fingerprint density at radius 1 is 1.47 bits per heavy atom. The van der Waals surface area contributed by atoms with Crippen LogP contribution in [0.25, 0.3) is 0 Å². The number of nitrogens with one attached hydrogen (secondary N) is 1. The van der Waals surface area contributed by atoms with Crippen molar-refractivity contribution in [1.82, 2.24) is 5.32 Å². The van der Waals surface area contributed by atoms with Gasteiger partial charge >= 0.3 is 11.9 Å². The molecule has 0 aliphatic carbocycles. The highest BCUT2D eigenvalue weighted by Crippen LogP contribution is 2.11. The summed E-state index contributed by atoms with van der Waals surface area (Å²) in [4.78, 5) is 34.0. The molecule has 0 spiro atoms. The molecule has 17 heavy (non-hydrogen) atoms. The summed E-state index contributed by atoms with van der Waals surface area (Å²) in [6.07, 6.45) is 0.193. The molecule has 0 aromatic rings. The van der Waals surface area contributed by atoms with Gasteiger partial charge in [0.15, 0.2) is 6.10 Å². The lowest BCUT2D eigenvalue weighted by Gasteiger charge is -2.17. The molecule has 6 nitrogen and oxygen atoms in total. The highest BCUT2D eigenvalue weighted by atomic mass is 16.6. The van der Waals surface area contributed by atoms with E-state index in [1.807, 2.05) is 0 Å². The summed E-state index contributed by atoms with van der Waals surface area (Å²) >= 11 is 0. The molecule has 0 saturated carbocycles. The van der Waals surface area contributed by atoms with E-state index < -0.39 is 24.1 Å². The van der Waals surface area contributed by atoms with Crippen LogP contribution in [0.5, 0.6) is 0 Å². The molecule has 1 aliphatic rings. The van der Waals surface area contributed by atoms with E-state index in [0.717, 1.165) is 0 Å². The number of rotatable bonds is 5. The average Bonchev–Trinajstić information content (AvgIpc) is 2.72. The number of amides is 1. The monoisotopic (exact) mass is 243 g/mol. The fourth-order valence-electron chi connectivity index (χ4n) is 1.55. The molecule has 1 rings (SSSR count). The van der Waals surface area contributed by atoms with Crippen molar-refractivity contribution in [1.29, 1.82) is 0 Å². The lowest BCUT2D eigenvalue weighted by Crippen LogP contribution is -2.39. The topological polar surface area (TPSA) is 81.7 Å². The van der Waals surface area contributed by atoms with Gasteiger partial charge in [-0.05, 0) is 19.8 Å². The molecule has 6 heteroatoms. The number of esters is 2. The molecule has 0 aromatic heterocycles. The van der Waals surface area contributed by atoms with Gasteiger partial charge in [-0.1, -0.05) is 6.92 Å². The predicted octanol–water partition coefficient (Wildman–Crippen LogP) is 0.150. The van der Waals surface area contributed by atoms with E-state index in [-0.39, 0.29) is 12.5 Å². The van der Waals surface area contributed by atoms with Crippen LogP contribution in [0.15, 0.2) is 0 Å². The summed E-state index contributed by atoms with van der Waals surface area (Å²) in [5.74, 6) is -1.29. The van der Waals surface area contributed by atoms with Crippen LogP contribution in [0.3, 0.4) is 0 Å². The van der Waals surface area contributed by atoms with E-state index >= 15 is 0 Å². The summed E-state index contributed by atoms with van der Waals surface area (Å²) < 4.78 is 9.79. The third-order valence-corrected chi connectivity index (χ3v) is 2.46. The van der Waals surface area contributed by atoms with Crippen molar-refractivity contribution < 1.29 is 23.9 Å². The van der Waals surface area contributed by atoms with Gasteiger partial charge in [0, 0.05) is 6.42 Å². The van der Waals surface area contributed by atoms with Crippen LogP contribution in [-0.2, 0) is 23.9 Å². The maximum Gasteiger partial charge on any atom is 0.347 e. The quantitative estimate of drug-likeness (QED) is 0.695. The Morgan fingerprint density at radius 3 is 2.65 bits per heavy atom. The Bertz CT molecular complexity index is 315. The van der Waals surface area contributed by atoms with Gasteiger partial charge in [0.25, 0.3) is 0 Å². The van der Waals surface area contributed by atoms with Crippen LogP contribution >= 0.6 is 0 Å². The number of hydrogen-bond donors (Lipinski definition) is 1. The normalized spacial score (nSPS) is 20.6. The van der Waals surface area contributed by atoms with Gasteiger partial charge in [0.05, 0.1) is 6.61 Å². The van der Waals surface area contributed by atoms with Gasteiger partial charge in [-0.3, -0.25) is 4.79 Å². The van der Waals surface area contributed by atoms with Crippen molar-refractivity contribution in [2.75, 3.05) is 6.61 Å². The molecule has 1 unspecified atom stereocenters. The van der Waals surface area contributed by atoms with Crippen molar-refractivity contribution >= 4 is 17.8 Å². The highest BCUT2D eigenvalue weighted by Gasteiger charge is 2.32. The van der Waals surface area contributed by atoms with Crippen LogP contribution in [0.2, 0.25) is 0 Å². The maximum atomic E-state index is 11.6. The molecule has 1 fully saturated rings. The minimum atomic E-state index is -0.889. The van der Waals surface area contributed by atoms with E-state index in [1.165, 1.54) is 0 Å². The van der Waals surface area contributed by atoms with Gasteiger partial charge in [-0.2, -0.15) is 0 Å². The lowest BCUT2D eigenvalue weighted by molar-refractivity contribution is -0.169. The van der Waals surface area contributed by atoms with E-state index in [0.29, 0.717) is 19.3 Å². The Balaban J connectivity index is 2.47. The van der Waals surface area contributed by atoms with Crippen molar-refractivity contribution in [2.45, 2.75) is 45.3 Å². The molecular weight excluding hydrogens is 226 g/mol. The largest absolute Gasteiger partial charge is 0.463 e. The first-order valence-electron chi connectivity index (χ1n) is 5.75. The zero-order valence-corrected chi connectivity index (χ0v) is 10.0. The molecule has 1 saturated heterocycles. The van der Waals surface area contributed by atoms with Gasteiger partial charge < -0.3 is 14.8 Å². The molecular formula is C11H17NO5. The summed E-state index contributed by atoms with van der Waals surface area (Å²) in [5, 5.41) is 2.49. The molecule has 1 N–H and O–H groups in total. The zero-order chi connectivity index (χ0) is 12.8. The SMILES string of the molecule is CCOC(=O)C(CC)OC(=O)[C@@H]1CCC(=O)N1. The van der Waals surface area contributed by atoms with Crippen LogP contribution in [0.4, 0.5) is 0 Å². The first-order valence-corrected chi connectivity index (χ1v) is 5.75.